The van der Waals surface area contributed by atoms with E-state index in [1.807, 2.05) is 12.1 Å². The van der Waals surface area contributed by atoms with Crippen LogP contribution in [-0.2, 0) is 11.2 Å². The normalized spacial score (nSPS) is 21.1. The summed E-state index contributed by atoms with van der Waals surface area (Å²) in [7, 11) is 0. The van der Waals surface area contributed by atoms with Gasteiger partial charge in [0.05, 0.1) is 18.0 Å². The lowest BCUT2D eigenvalue weighted by Crippen LogP contribution is -2.22. The first-order valence-electron chi connectivity index (χ1n) is 10.5. The molecule has 1 saturated carbocycles. The number of rotatable bonds is 6. The van der Waals surface area contributed by atoms with Crippen molar-refractivity contribution in [3.05, 3.63) is 52.1 Å². The Morgan fingerprint density at radius 1 is 1.24 bits per heavy atom. The largest absolute Gasteiger partial charge is 0.359 e. The molecule has 0 unspecified atom stereocenters. The third-order valence-corrected chi connectivity index (χ3v) is 6.17. The predicted molar refractivity (Wildman–Crippen MR) is 112 cm³/mol. The number of H-pyrrole nitrogens is 1. The molecular formula is C22H26N6O. The summed E-state index contributed by atoms with van der Waals surface area (Å²) in [5.41, 5.74) is 9.71. The summed E-state index contributed by atoms with van der Waals surface area (Å²) < 4.78 is 0. The number of carbonyl (C=O) groups is 1. The summed E-state index contributed by atoms with van der Waals surface area (Å²) in [6, 6.07) is 1.82. The van der Waals surface area contributed by atoms with Gasteiger partial charge in [-0.1, -0.05) is 0 Å². The van der Waals surface area contributed by atoms with Crippen LogP contribution in [0.5, 0.6) is 0 Å². The van der Waals surface area contributed by atoms with Gasteiger partial charge >= 0.3 is 0 Å². The number of amides is 1. The van der Waals surface area contributed by atoms with E-state index in [4.69, 9.17) is 0 Å². The molecule has 2 fully saturated rings. The van der Waals surface area contributed by atoms with Crippen molar-refractivity contribution in [2.24, 2.45) is 5.10 Å². The summed E-state index contributed by atoms with van der Waals surface area (Å²) in [5.74, 6) is 0.428. The smallest absolute Gasteiger partial charge is 0.273 e. The molecule has 7 nitrogen and oxygen atoms in total. The van der Waals surface area contributed by atoms with Crippen molar-refractivity contribution in [3.63, 3.8) is 0 Å². The Hall–Kier alpha value is -2.80. The molecule has 1 amide bonds. The van der Waals surface area contributed by atoms with Crippen LogP contribution in [0.3, 0.4) is 0 Å². The Kier molecular flexibility index (Phi) is 4.75. The van der Waals surface area contributed by atoms with E-state index in [2.05, 4.69) is 37.5 Å². The van der Waals surface area contributed by atoms with Gasteiger partial charge in [0.1, 0.15) is 5.71 Å². The molecule has 0 radical (unpaired) electrons. The minimum atomic E-state index is -0.176. The molecule has 2 aromatic rings. The molecule has 1 saturated heterocycles. The lowest BCUT2D eigenvalue weighted by atomic mass is 9.98. The highest BCUT2D eigenvalue weighted by Gasteiger charge is 2.32. The monoisotopic (exact) mass is 390 g/mol. The number of aromatic amines is 1. The van der Waals surface area contributed by atoms with Crippen LogP contribution in [0.25, 0.3) is 6.08 Å². The van der Waals surface area contributed by atoms with E-state index in [-0.39, 0.29) is 5.91 Å². The first kappa shape index (κ1) is 18.2. The van der Waals surface area contributed by atoms with Crippen LogP contribution < -0.4 is 5.43 Å². The van der Waals surface area contributed by atoms with E-state index in [0.717, 1.165) is 24.2 Å². The number of nitrogens with zero attached hydrogens (tertiary/aromatic N) is 4. The number of aryl methyl sites for hydroxylation is 1. The fourth-order valence-electron chi connectivity index (χ4n) is 4.52. The van der Waals surface area contributed by atoms with Crippen molar-refractivity contribution in [1.29, 1.82) is 0 Å². The third kappa shape index (κ3) is 3.62. The maximum atomic E-state index is 12.5. The molecule has 2 aliphatic heterocycles. The lowest BCUT2D eigenvalue weighted by molar-refractivity contribution is -0.116. The van der Waals surface area contributed by atoms with Crippen LogP contribution in [0.15, 0.2) is 29.1 Å². The van der Waals surface area contributed by atoms with Crippen LogP contribution in [0.2, 0.25) is 0 Å². The van der Waals surface area contributed by atoms with Crippen molar-refractivity contribution in [1.82, 2.24) is 25.5 Å². The van der Waals surface area contributed by atoms with E-state index in [9.17, 15) is 4.79 Å². The van der Waals surface area contributed by atoms with Gasteiger partial charge in [-0.2, -0.15) is 15.3 Å². The molecule has 2 aromatic heterocycles. The van der Waals surface area contributed by atoms with E-state index < -0.39 is 0 Å². The average Bonchev–Trinajstić information content (AvgIpc) is 3.16. The number of likely N-dealkylation sites (tertiary alicyclic amines) is 1. The van der Waals surface area contributed by atoms with Gasteiger partial charge in [-0.05, 0) is 81.3 Å². The number of nitrogens with one attached hydrogen (secondary N) is 2. The van der Waals surface area contributed by atoms with Gasteiger partial charge in [0.2, 0.25) is 0 Å². The maximum absolute atomic E-state index is 12.5. The topological polar surface area (TPSA) is 86.3 Å². The highest BCUT2D eigenvalue weighted by atomic mass is 16.2. The zero-order valence-corrected chi connectivity index (χ0v) is 16.7. The van der Waals surface area contributed by atoms with Gasteiger partial charge in [-0.3, -0.25) is 4.79 Å². The fraction of sp³-hybridized carbons (Fsp3) is 0.455. The van der Waals surface area contributed by atoms with Crippen molar-refractivity contribution < 1.29 is 4.79 Å². The SMILES string of the molecule is Cc1[nH]c(/C=C2/C(=O)NN=C2c2ccnnc2)c(C2CC2)c1CCN1CCCC1. The number of hydrazone groups is 1. The minimum absolute atomic E-state index is 0.176. The molecule has 2 N–H and O–H groups in total. The molecular weight excluding hydrogens is 364 g/mol. The van der Waals surface area contributed by atoms with Crippen LogP contribution in [-0.4, -0.2) is 51.3 Å². The molecule has 3 aliphatic rings. The number of hydrogen-bond acceptors (Lipinski definition) is 5. The summed E-state index contributed by atoms with van der Waals surface area (Å²) in [5, 5.41) is 12.0. The van der Waals surface area contributed by atoms with Gasteiger partial charge in [-0.25, -0.2) is 5.43 Å². The third-order valence-electron chi connectivity index (χ3n) is 6.17. The Morgan fingerprint density at radius 3 is 2.79 bits per heavy atom. The Labute approximate surface area is 170 Å². The zero-order chi connectivity index (χ0) is 19.8. The standard InChI is InChI=1S/C22H26N6O/c1-14-17(7-11-28-9-2-3-10-28)20(15-4-5-15)19(25-14)12-18-21(26-27-22(18)29)16-6-8-23-24-13-16/h6,8,12-13,15,25H,2-5,7,9-11H2,1H3,(H,27,29)/b18-12+. The van der Waals surface area contributed by atoms with E-state index in [1.54, 1.807) is 12.4 Å². The molecule has 4 heterocycles. The Bertz CT molecular complexity index is 980. The number of aromatic nitrogens is 3. The van der Waals surface area contributed by atoms with E-state index in [0.29, 0.717) is 17.2 Å². The van der Waals surface area contributed by atoms with Crippen molar-refractivity contribution in [3.8, 4) is 0 Å². The number of carbonyl (C=O) groups excluding carboxylic acids is 1. The summed E-state index contributed by atoms with van der Waals surface area (Å²) in [6.07, 6.45) is 11.4. The van der Waals surface area contributed by atoms with Gasteiger partial charge in [0, 0.05) is 23.5 Å². The lowest BCUT2D eigenvalue weighted by Gasteiger charge is -2.15. The van der Waals surface area contributed by atoms with Crippen LogP contribution >= 0.6 is 0 Å². The van der Waals surface area contributed by atoms with E-state index >= 15 is 0 Å². The average molecular weight is 390 g/mol. The maximum Gasteiger partial charge on any atom is 0.273 e. The van der Waals surface area contributed by atoms with E-state index in [1.165, 1.54) is 55.6 Å². The fourth-order valence-corrected chi connectivity index (χ4v) is 4.52. The quantitative estimate of drug-likeness (QED) is 0.742. The molecule has 150 valence electrons. The highest BCUT2D eigenvalue weighted by molar-refractivity contribution is 6.33. The molecule has 0 atom stereocenters. The molecule has 0 aromatic carbocycles. The Balaban J connectivity index is 1.48. The molecule has 0 bridgehead atoms. The first-order valence-corrected chi connectivity index (χ1v) is 10.5. The molecule has 29 heavy (non-hydrogen) atoms. The first-order chi connectivity index (χ1) is 14.2. The minimum Gasteiger partial charge on any atom is -0.359 e. The van der Waals surface area contributed by atoms with Crippen LogP contribution in [0, 0.1) is 6.92 Å². The molecule has 1 aliphatic carbocycles. The zero-order valence-electron chi connectivity index (χ0n) is 16.7. The van der Waals surface area contributed by atoms with Gasteiger partial charge in [0.15, 0.2) is 0 Å². The van der Waals surface area contributed by atoms with Crippen molar-refractivity contribution >= 4 is 17.7 Å². The molecule has 0 spiro atoms. The second-order valence-corrected chi connectivity index (χ2v) is 8.22. The summed E-state index contributed by atoms with van der Waals surface area (Å²) >= 11 is 0. The van der Waals surface area contributed by atoms with Crippen molar-refractivity contribution in [2.75, 3.05) is 19.6 Å². The van der Waals surface area contributed by atoms with Crippen LogP contribution in [0.4, 0.5) is 0 Å². The summed E-state index contributed by atoms with van der Waals surface area (Å²) in [4.78, 5) is 18.6. The van der Waals surface area contributed by atoms with Gasteiger partial charge in [-0.15, -0.1) is 0 Å². The van der Waals surface area contributed by atoms with Gasteiger partial charge < -0.3 is 9.88 Å². The Morgan fingerprint density at radius 2 is 2.07 bits per heavy atom. The number of hydrogen-bond donors (Lipinski definition) is 2. The van der Waals surface area contributed by atoms with Gasteiger partial charge in [0.25, 0.3) is 5.91 Å². The predicted octanol–water partition coefficient (Wildman–Crippen LogP) is 2.55. The highest BCUT2D eigenvalue weighted by Crippen LogP contribution is 2.45. The van der Waals surface area contributed by atoms with Crippen molar-refractivity contribution in [2.45, 2.75) is 44.9 Å². The molecule has 5 rings (SSSR count). The summed E-state index contributed by atoms with van der Waals surface area (Å²) in [6.45, 7) is 5.71. The second kappa shape index (κ2) is 7.55. The molecule has 7 heteroatoms. The van der Waals surface area contributed by atoms with Crippen LogP contribution in [0.1, 0.15) is 59.7 Å². The second-order valence-electron chi connectivity index (χ2n) is 8.22.